The van der Waals surface area contributed by atoms with Crippen LogP contribution in [0.2, 0.25) is 0 Å². The van der Waals surface area contributed by atoms with Gasteiger partial charge in [-0.1, -0.05) is 38.1 Å². The van der Waals surface area contributed by atoms with E-state index in [1.165, 1.54) is 5.56 Å². The van der Waals surface area contributed by atoms with Crippen LogP contribution in [-0.2, 0) is 6.54 Å². The molecule has 1 unspecified atom stereocenters. The fourth-order valence-corrected chi connectivity index (χ4v) is 2.42. The summed E-state index contributed by atoms with van der Waals surface area (Å²) in [7, 11) is 0. The average molecular weight is 285 g/mol. The van der Waals surface area contributed by atoms with Gasteiger partial charge in [0.1, 0.15) is 5.82 Å². The van der Waals surface area contributed by atoms with Crippen molar-refractivity contribution < 1.29 is 0 Å². The van der Waals surface area contributed by atoms with Gasteiger partial charge in [0.2, 0.25) is 0 Å². The van der Waals surface area contributed by atoms with E-state index >= 15 is 0 Å². The topological polar surface area (TPSA) is 60.9 Å². The van der Waals surface area contributed by atoms with Crippen molar-refractivity contribution >= 4 is 0 Å². The van der Waals surface area contributed by atoms with Gasteiger partial charge >= 0.3 is 0 Å². The molecule has 0 saturated heterocycles. The third kappa shape index (κ3) is 3.58. The minimum Gasteiger partial charge on any atom is -0.322 e. The summed E-state index contributed by atoms with van der Waals surface area (Å²) in [6.07, 6.45) is 0. The number of aryl methyl sites for hydroxylation is 2. The van der Waals surface area contributed by atoms with Crippen LogP contribution in [0.1, 0.15) is 48.5 Å². The summed E-state index contributed by atoms with van der Waals surface area (Å²) in [6.45, 7) is 8.43. The van der Waals surface area contributed by atoms with Crippen LogP contribution in [0, 0.1) is 13.8 Å². The van der Waals surface area contributed by atoms with Crippen molar-refractivity contribution in [2.75, 3.05) is 0 Å². The molecule has 1 aromatic heterocycles. The van der Waals surface area contributed by atoms with Crippen molar-refractivity contribution in [2.45, 2.75) is 46.2 Å². The molecule has 2 rings (SSSR count). The van der Waals surface area contributed by atoms with Crippen molar-refractivity contribution in [3.63, 3.8) is 0 Å². The predicted octanol–water partition coefficient (Wildman–Crippen LogP) is 2.68. The first-order valence-corrected chi connectivity index (χ1v) is 7.29. The molecular formula is C17H23N3O. The first-order valence-electron chi connectivity index (χ1n) is 7.29. The zero-order valence-electron chi connectivity index (χ0n) is 13.1. The second kappa shape index (κ2) is 6.22. The molecule has 112 valence electrons. The maximum Gasteiger partial charge on any atom is 0.253 e. The Balaban J connectivity index is 2.22. The molecule has 4 heteroatoms. The highest BCUT2D eigenvalue weighted by Gasteiger charge is 2.11. The number of hydrogen-bond donors (Lipinski definition) is 1. The largest absolute Gasteiger partial charge is 0.322 e. The van der Waals surface area contributed by atoms with Crippen LogP contribution in [0.25, 0.3) is 0 Å². The van der Waals surface area contributed by atoms with Gasteiger partial charge in [-0.15, -0.1) is 0 Å². The quantitative estimate of drug-likeness (QED) is 0.939. The predicted molar refractivity (Wildman–Crippen MR) is 85.4 cm³/mol. The highest BCUT2D eigenvalue weighted by atomic mass is 16.1. The second-order valence-electron chi connectivity index (χ2n) is 5.82. The molecular weight excluding hydrogens is 262 g/mol. The summed E-state index contributed by atoms with van der Waals surface area (Å²) < 4.78 is 1.63. The minimum atomic E-state index is -0.216. The van der Waals surface area contributed by atoms with E-state index in [2.05, 4.69) is 31.0 Å². The highest BCUT2D eigenvalue weighted by Crippen LogP contribution is 2.18. The van der Waals surface area contributed by atoms with Crippen LogP contribution in [0.4, 0.5) is 0 Å². The molecule has 2 N–H and O–H groups in total. The smallest absolute Gasteiger partial charge is 0.253 e. The van der Waals surface area contributed by atoms with Crippen molar-refractivity contribution in [1.29, 1.82) is 0 Å². The third-order valence-electron chi connectivity index (χ3n) is 3.74. The Kier molecular flexibility index (Phi) is 4.58. The van der Waals surface area contributed by atoms with Gasteiger partial charge in [-0.3, -0.25) is 9.36 Å². The number of rotatable bonds is 4. The Labute approximate surface area is 125 Å². The molecule has 0 fully saturated rings. The second-order valence-corrected chi connectivity index (χ2v) is 5.82. The van der Waals surface area contributed by atoms with E-state index in [0.717, 1.165) is 11.3 Å². The highest BCUT2D eigenvalue weighted by molar-refractivity contribution is 5.26. The van der Waals surface area contributed by atoms with E-state index in [1.54, 1.807) is 10.6 Å². The summed E-state index contributed by atoms with van der Waals surface area (Å²) in [5, 5.41) is 0. The maximum atomic E-state index is 12.0. The molecule has 21 heavy (non-hydrogen) atoms. The van der Waals surface area contributed by atoms with Gasteiger partial charge in [0, 0.05) is 24.3 Å². The lowest BCUT2D eigenvalue weighted by Crippen LogP contribution is -2.29. The summed E-state index contributed by atoms with van der Waals surface area (Å²) in [4.78, 5) is 16.4. The lowest BCUT2D eigenvalue weighted by molar-refractivity contribution is 0.538. The molecule has 0 aliphatic carbocycles. The standard InChI is InChI=1S/C17H23N3O/c1-11(2)14-5-7-15(8-6-14)16(18)10-20-13(4)19-12(3)9-17(20)21/h5-9,11,16H,10,18H2,1-4H3. The van der Waals surface area contributed by atoms with Gasteiger partial charge in [-0.2, -0.15) is 0 Å². The Morgan fingerprint density at radius 1 is 1.14 bits per heavy atom. The zero-order chi connectivity index (χ0) is 15.6. The molecule has 1 aromatic carbocycles. The fourth-order valence-electron chi connectivity index (χ4n) is 2.42. The third-order valence-corrected chi connectivity index (χ3v) is 3.74. The fraction of sp³-hybridized carbons (Fsp3) is 0.412. The lowest BCUT2D eigenvalue weighted by atomic mass is 9.99. The average Bonchev–Trinajstić information content (AvgIpc) is 2.42. The van der Waals surface area contributed by atoms with Crippen molar-refractivity contribution in [2.24, 2.45) is 5.73 Å². The Morgan fingerprint density at radius 3 is 2.24 bits per heavy atom. The molecule has 2 aromatic rings. The normalized spacial score (nSPS) is 12.7. The number of nitrogens with two attached hydrogens (primary N) is 1. The van der Waals surface area contributed by atoms with Gasteiger partial charge in [0.15, 0.2) is 0 Å². The summed E-state index contributed by atoms with van der Waals surface area (Å²) in [5.74, 6) is 1.20. The molecule has 0 aliphatic rings. The molecule has 0 amide bonds. The lowest BCUT2D eigenvalue weighted by Gasteiger charge is -2.17. The van der Waals surface area contributed by atoms with E-state index in [1.807, 2.05) is 26.0 Å². The molecule has 0 saturated carbocycles. The van der Waals surface area contributed by atoms with Gasteiger partial charge in [-0.25, -0.2) is 4.98 Å². The summed E-state index contributed by atoms with van der Waals surface area (Å²) >= 11 is 0. The number of aromatic nitrogens is 2. The number of nitrogens with zero attached hydrogens (tertiary/aromatic N) is 2. The maximum absolute atomic E-state index is 12.0. The van der Waals surface area contributed by atoms with Crippen LogP contribution in [0.3, 0.4) is 0 Å². The van der Waals surface area contributed by atoms with Crippen LogP contribution >= 0.6 is 0 Å². The first-order chi connectivity index (χ1) is 9.88. The molecule has 1 heterocycles. The van der Waals surface area contributed by atoms with E-state index in [-0.39, 0.29) is 11.6 Å². The Morgan fingerprint density at radius 2 is 1.71 bits per heavy atom. The molecule has 0 aliphatic heterocycles. The molecule has 0 bridgehead atoms. The number of benzene rings is 1. The number of hydrogen-bond acceptors (Lipinski definition) is 3. The van der Waals surface area contributed by atoms with Crippen LogP contribution in [-0.4, -0.2) is 9.55 Å². The van der Waals surface area contributed by atoms with E-state index in [9.17, 15) is 4.79 Å². The molecule has 4 nitrogen and oxygen atoms in total. The Bertz CT molecular complexity index is 671. The minimum absolute atomic E-state index is 0.0470. The molecule has 0 spiro atoms. The van der Waals surface area contributed by atoms with Crippen LogP contribution < -0.4 is 11.3 Å². The molecule has 0 radical (unpaired) electrons. The Hall–Kier alpha value is -1.94. The zero-order valence-corrected chi connectivity index (χ0v) is 13.1. The summed E-state index contributed by atoms with van der Waals surface area (Å²) in [6, 6.07) is 9.62. The monoisotopic (exact) mass is 285 g/mol. The molecule has 1 atom stereocenters. The van der Waals surface area contributed by atoms with Gasteiger partial charge in [0.05, 0.1) is 0 Å². The van der Waals surface area contributed by atoms with Crippen molar-refractivity contribution in [1.82, 2.24) is 9.55 Å². The van der Waals surface area contributed by atoms with Crippen LogP contribution in [0.15, 0.2) is 35.1 Å². The van der Waals surface area contributed by atoms with Gasteiger partial charge in [-0.05, 0) is 30.9 Å². The van der Waals surface area contributed by atoms with Gasteiger partial charge < -0.3 is 5.73 Å². The van der Waals surface area contributed by atoms with E-state index in [4.69, 9.17) is 5.73 Å². The van der Waals surface area contributed by atoms with Crippen molar-refractivity contribution in [3.8, 4) is 0 Å². The van der Waals surface area contributed by atoms with Gasteiger partial charge in [0.25, 0.3) is 5.56 Å². The van der Waals surface area contributed by atoms with E-state index in [0.29, 0.717) is 18.3 Å². The SMILES string of the molecule is Cc1cc(=O)n(CC(N)c2ccc(C(C)C)cc2)c(C)n1. The van der Waals surface area contributed by atoms with Crippen LogP contribution in [0.5, 0.6) is 0 Å². The van der Waals surface area contributed by atoms with E-state index < -0.39 is 0 Å². The first kappa shape index (κ1) is 15.4. The summed E-state index contributed by atoms with van der Waals surface area (Å²) in [5.41, 5.74) is 9.26. The van der Waals surface area contributed by atoms with Crippen molar-refractivity contribution in [3.05, 3.63) is 63.3 Å².